The zero-order valence-electron chi connectivity index (χ0n) is 15.4. The number of halogens is 1. The number of aromatic nitrogens is 2. The smallest absolute Gasteiger partial charge is 0.271 e. The number of hydrogen-bond donors (Lipinski definition) is 1. The van der Waals surface area contributed by atoms with Gasteiger partial charge in [0.15, 0.2) is 5.69 Å². The van der Waals surface area contributed by atoms with Crippen LogP contribution in [0.4, 0.5) is 4.39 Å². The molecule has 0 bridgehead atoms. The summed E-state index contributed by atoms with van der Waals surface area (Å²) in [6.45, 7) is 3.16. The molecule has 2 aromatic rings. The largest absolute Gasteiger partial charge is 0.497 e. The Kier molecular flexibility index (Phi) is 5.91. The van der Waals surface area contributed by atoms with Crippen molar-refractivity contribution in [2.75, 3.05) is 13.7 Å². The first-order valence-corrected chi connectivity index (χ1v) is 9.32. The number of benzene rings is 1. The molecule has 5 nitrogen and oxygen atoms in total. The maximum atomic E-state index is 14.4. The molecule has 1 heterocycles. The van der Waals surface area contributed by atoms with E-state index < -0.39 is 5.82 Å². The fraction of sp³-hybridized carbons (Fsp3) is 0.500. The van der Waals surface area contributed by atoms with Crippen molar-refractivity contribution in [2.24, 2.45) is 5.92 Å². The molecule has 1 fully saturated rings. The van der Waals surface area contributed by atoms with Gasteiger partial charge in [-0.25, -0.2) is 4.39 Å². The Morgan fingerprint density at radius 1 is 1.31 bits per heavy atom. The molecule has 6 heteroatoms. The molecule has 1 aromatic heterocycles. The Morgan fingerprint density at radius 3 is 2.73 bits per heavy atom. The number of nitrogens with zero attached hydrogens (tertiary/aromatic N) is 2. The van der Waals surface area contributed by atoms with Crippen molar-refractivity contribution >= 4 is 5.91 Å². The van der Waals surface area contributed by atoms with Gasteiger partial charge in [0.2, 0.25) is 0 Å². The zero-order chi connectivity index (χ0) is 18.5. The minimum absolute atomic E-state index is 0.196. The molecule has 26 heavy (non-hydrogen) atoms. The summed E-state index contributed by atoms with van der Waals surface area (Å²) in [7, 11) is 1.50. The topological polar surface area (TPSA) is 56.2 Å². The number of amides is 1. The monoisotopic (exact) mass is 359 g/mol. The van der Waals surface area contributed by atoms with Crippen LogP contribution in [0.15, 0.2) is 24.3 Å². The lowest BCUT2D eigenvalue weighted by Crippen LogP contribution is -2.30. The number of aryl methyl sites for hydroxylation is 1. The third kappa shape index (κ3) is 4.06. The molecule has 1 aromatic carbocycles. The van der Waals surface area contributed by atoms with Crippen LogP contribution in [0.3, 0.4) is 0 Å². The highest BCUT2D eigenvalue weighted by atomic mass is 19.1. The van der Waals surface area contributed by atoms with E-state index in [-0.39, 0.29) is 5.91 Å². The fourth-order valence-electron chi connectivity index (χ4n) is 3.53. The normalized spacial score (nSPS) is 15.0. The van der Waals surface area contributed by atoms with Crippen molar-refractivity contribution in [1.82, 2.24) is 15.1 Å². The number of methoxy groups -OCH3 is 1. The van der Waals surface area contributed by atoms with Gasteiger partial charge in [-0.15, -0.1) is 0 Å². The van der Waals surface area contributed by atoms with E-state index in [9.17, 15) is 9.18 Å². The van der Waals surface area contributed by atoms with E-state index in [0.29, 0.717) is 41.7 Å². The predicted octanol–water partition coefficient (Wildman–Crippen LogP) is 4.03. The van der Waals surface area contributed by atoms with E-state index in [0.717, 1.165) is 0 Å². The highest BCUT2D eigenvalue weighted by Gasteiger charge is 2.19. The van der Waals surface area contributed by atoms with E-state index in [1.165, 1.54) is 45.3 Å². The van der Waals surface area contributed by atoms with Gasteiger partial charge in [0.1, 0.15) is 11.6 Å². The second-order valence-corrected chi connectivity index (χ2v) is 6.79. The third-order valence-corrected chi connectivity index (χ3v) is 5.04. The second kappa shape index (κ2) is 8.34. The molecule has 0 radical (unpaired) electrons. The molecule has 1 amide bonds. The van der Waals surface area contributed by atoms with E-state index in [4.69, 9.17) is 4.74 Å². The predicted molar refractivity (Wildman–Crippen MR) is 98.8 cm³/mol. The minimum Gasteiger partial charge on any atom is -0.497 e. The Hall–Kier alpha value is -2.37. The van der Waals surface area contributed by atoms with Crippen LogP contribution in [0.5, 0.6) is 5.75 Å². The quantitative estimate of drug-likeness (QED) is 0.847. The highest BCUT2D eigenvalue weighted by Crippen LogP contribution is 2.27. The first-order chi connectivity index (χ1) is 12.6. The Morgan fingerprint density at radius 2 is 2.08 bits per heavy atom. The van der Waals surface area contributed by atoms with Crippen LogP contribution in [-0.2, 0) is 6.54 Å². The number of rotatable bonds is 6. The van der Waals surface area contributed by atoms with Gasteiger partial charge in [-0.05, 0) is 43.9 Å². The van der Waals surface area contributed by atoms with Gasteiger partial charge in [0.05, 0.1) is 12.8 Å². The van der Waals surface area contributed by atoms with Crippen molar-refractivity contribution < 1.29 is 13.9 Å². The maximum absolute atomic E-state index is 14.4. The summed E-state index contributed by atoms with van der Waals surface area (Å²) in [5.41, 5.74) is 1.33. The standard InChI is InChI=1S/C20H26FN3O2/c1-3-24-19(16-10-9-15(26-2)11-17(16)21)12-18(23-24)20(25)22-13-14-7-5-4-6-8-14/h9-12,14H,3-8,13H2,1-2H3,(H,22,25). The van der Waals surface area contributed by atoms with Gasteiger partial charge in [-0.2, -0.15) is 5.10 Å². The molecule has 0 unspecified atom stereocenters. The van der Waals surface area contributed by atoms with Gasteiger partial charge < -0.3 is 10.1 Å². The molecular formula is C20H26FN3O2. The molecule has 1 saturated carbocycles. The van der Waals surface area contributed by atoms with Gasteiger partial charge in [-0.3, -0.25) is 9.48 Å². The van der Waals surface area contributed by atoms with Gasteiger partial charge >= 0.3 is 0 Å². The highest BCUT2D eigenvalue weighted by molar-refractivity contribution is 5.93. The summed E-state index contributed by atoms with van der Waals surface area (Å²) in [4.78, 5) is 12.5. The molecule has 0 saturated heterocycles. The van der Waals surface area contributed by atoms with Gasteiger partial charge in [-0.1, -0.05) is 19.3 Å². The molecule has 1 aliphatic carbocycles. The van der Waals surface area contributed by atoms with E-state index in [1.807, 2.05) is 6.92 Å². The molecule has 140 valence electrons. The first-order valence-electron chi connectivity index (χ1n) is 9.32. The fourth-order valence-corrected chi connectivity index (χ4v) is 3.53. The van der Waals surface area contributed by atoms with Crippen molar-refractivity contribution in [3.8, 4) is 17.0 Å². The number of hydrogen-bond acceptors (Lipinski definition) is 3. The Balaban J connectivity index is 1.76. The van der Waals surface area contributed by atoms with Crippen molar-refractivity contribution in [3.05, 3.63) is 35.8 Å². The summed E-state index contributed by atoms with van der Waals surface area (Å²) in [5, 5.41) is 7.35. The van der Waals surface area contributed by atoms with E-state index >= 15 is 0 Å². The molecule has 1 N–H and O–H groups in total. The lowest BCUT2D eigenvalue weighted by Gasteiger charge is -2.21. The van der Waals surface area contributed by atoms with Crippen molar-refractivity contribution in [3.63, 3.8) is 0 Å². The van der Waals surface area contributed by atoms with Gasteiger partial charge in [0.25, 0.3) is 5.91 Å². The average molecular weight is 359 g/mol. The molecule has 0 aliphatic heterocycles. The summed E-state index contributed by atoms with van der Waals surface area (Å²) < 4.78 is 21.1. The van der Waals surface area contributed by atoms with Crippen LogP contribution < -0.4 is 10.1 Å². The Labute approximate surface area is 153 Å². The summed E-state index contributed by atoms with van der Waals surface area (Å²) >= 11 is 0. The van der Waals surface area contributed by atoms with Crippen molar-refractivity contribution in [2.45, 2.75) is 45.6 Å². The SMILES string of the molecule is CCn1nc(C(=O)NCC2CCCCC2)cc1-c1ccc(OC)cc1F. The van der Waals surface area contributed by atoms with Gasteiger partial charge in [0, 0.05) is 24.7 Å². The van der Waals surface area contributed by atoms with Crippen LogP contribution >= 0.6 is 0 Å². The number of nitrogens with one attached hydrogen (secondary N) is 1. The summed E-state index contributed by atoms with van der Waals surface area (Å²) in [6.07, 6.45) is 6.12. The molecular weight excluding hydrogens is 333 g/mol. The maximum Gasteiger partial charge on any atom is 0.271 e. The lowest BCUT2D eigenvalue weighted by atomic mass is 9.89. The van der Waals surface area contributed by atoms with Crippen LogP contribution in [0, 0.1) is 11.7 Å². The number of carbonyl (C=O) groups is 1. The van der Waals surface area contributed by atoms with Crippen LogP contribution in [0.25, 0.3) is 11.3 Å². The van der Waals surface area contributed by atoms with Crippen LogP contribution in [0.1, 0.15) is 49.5 Å². The third-order valence-electron chi connectivity index (χ3n) is 5.04. The molecule has 0 spiro atoms. The second-order valence-electron chi connectivity index (χ2n) is 6.79. The van der Waals surface area contributed by atoms with E-state index in [2.05, 4.69) is 10.4 Å². The Bertz CT molecular complexity index is 766. The molecule has 3 rings (SSSR count). The number of ether oxygens (including phenoxy) is 1. The van der Waals surface area contributed by atoms with E-state index in [1.54, 1.807) is 22.9 Å². The van der Waals surface area contributed by atoms with Crippen LogP contribution in [-0.4, -0.2) is 29.3 Å². The minimum atomic E-state index is -0.395. The summed E-state index contributed by atoms with van der Waals surface area (Å²) in [5.74, 6) is 0.421. The van der Waals surface area contributed by atoms with Crippen LogP contribution in [0.2, 0.25) is 0 Å². The lowest BCUT2D eigenvalue weighted by molar-refractivity contribution is 0.0937. The average Bonchev–Trinajstić information content (AvgIpc) is 3.11. The van der Waals surface area contributed by atoms with Crippen molar-refractivity contribution in [1.29, 1.82) is 0 Å². The first kappa shape index (κ1) is 18.4. The summed E-state index contributed by atoms with van der Waals surface area (Å²) in [6, 6.07) is 6.35. The molecule has 0 atom stereocenters. The molecule has 1 aliphatic rings. The number of carbonyl (C=O) groups excluding carboxylic acids is 1. The zero-order valence-corrected chi connectivity index (χ0v) is 15.4.